The molecule has 1 aromatic carbocycles. The lowest BCUT2D eigenvalue weighted by Gasteiger charge is -2.48. The number of benzene rings is 1. The highest BCUT2D eigenvalue weighted by Gasteiger charge is 2.44. The topological polar surface area (TPSA) is 47.3 Å². The molecule has 1 saturated heterocycles. The first kappa shape index (κ1) is 14.8. The van der Waals surface area contributed by atoms with Gasteiger partial charge in [0, 0.05) is 10.2 Å². The van der Waals surface area contributed by atoms with Crippen molar-refractivity contribution < 1.29 is 4.74 Å². The van der Waals surface area contributed by atoms with Crippen LogP contribution in [0.25, 0.3) is 0 Å². The summed E-state index contributed by atoms with van der Waals surface area (Å²) in [4.78, 5) is 0. The molecule has 3 N–H and O–H groups in total. The predicted molar refractivity (Wildman–Crippen MR) is 89.2 cm³/mol. The van der Waals surface area contributed by atoms with Crippen LogP contribution in [0.1, 0.15) is 49.3 Å². The zero-order valence-electron chi connectivity index (χ0n) is 12.0. The molecule has 0 radical (unpaired) electrons. The fourth-order valence-corrected chi connectivity index (χ4v) is 4.35. The van der Waals surface area contributed by atoms with Gasteiger partial charge in [0.15, 0.2) is 0 Å². The van der Waals surface area contributed by atoms with Gasteiger partial charge in [-0.05, 0) is 78.7 Å². The molecule has 0 bridgehead atoms. The highest BCUT2D eigenvalue weighted by molar-refractivity contribution is 14.1. The van der Waals surface area contributed by atoms with Crippen LogP contribution in [0.3, 0.4) is 0 Å². The molecule has 110 valence electrons. The molecule has 2 fully saturated rings. The Hall–Kier alpha value is -0.170. The van der Waals surface area contributed by atoms with Gasteiger partial charge in [-0.1, -0.05) is 18.2 Å². The van der Waals surface area contributed by atoms with Crippen LogP contribution in [0.4, 0.5) is 0 Å². The van der Waals surface area contributed by atoms with Crippen LogP contribution < -0.4 is 11.3 Å². The largest absolute Gasteiger partial charge is 0.375 e. The summed E-state index contributed by atoms with van der Waals surface area (Å²) in [5.41, 5.74) is 5.93. The van der Waals surface area contributed by atoms with Crippen LogP contribution >= 0.6 is 22.6 Å². The Balaban J connectivity index is 1.84. The minimum atomic E-state index is 0.174. The lowest BCUT2D eigenvalue weighted by molar-refractivity contribution is -0.147. The first-order valence-corrected chi connectivity index (χ1v) is 8.58. The van der Waals surface area contributed by atoms with Crippen molar-refractivity contribution in [1.29, 1.82) is 0 Å². The quantitative estimate of drug-likeness (QED) is 0.475. The monoisotopic (exact) mass is 386 g/mol. The maximum Gasteiger partial charge on any atom is 0.0686 e. The Morgan fingerprint density at radius 1 is 1.45 bits per heavy atom. The van der Waals surface area contributed by atoms with E-state index in [1.807, 2.05) is 0 Å². The minimum Gasteiger partial charge on any atom is -0.375 e. The molecule has 1 heterocycles. The molecule has 20 heavy (non-hydrogen) atoms. The summed E-state index contributed by atoms with van der Waals surface area (Å²) in [5, 5.41) is 0. The second kappa shape index (κ2) is 5.91. The Bertz CT molecular complexity index is 487. The number of nitrogens with two attached hydrogens (primary N) is 1. The van der Waals surface area contributed by atoms with Gasteiger partial charge >= 0.3 is 0 Å². The van der Waals surface area contributed by atoms with Gasteiger partial charge in [-0.25, -0.2) is 0 Å². The lowest BCUT2D eigenvalue weighted by atomic mass is 9.69. The van der Waals surface area contributed by atoms with Crippen LogP contribution in [0.15, 0.2) is 18.2 Å². The molecule has 1 aliphatic carbocycles. The SMILES string of the molecule is Cc1cccc(C(NN)C2CCOC3(CCC3)C2)c1I. The Kier molecular flexibility index (Phi) is 4.36. The van der Waals surface area contributed by atoms with E-state index in [9.17, 15) is 0 Å². The maximum absolute atomic E-state index is 6.05. The molecule has 1 aliphatic heterocycles. The third-order valence-corrected chi connectivity index (χ3v) is 6.48. The van der Waals surface area contributed by atoms with Crippen molar-refractivity contribution >= 4 is 22.6 Å². The van der Waals surface area contributed by atoms with Crippen molar-refractivity contribution in [3.05, 3.63) is 32.9 Å². The molecule has 0 aromatic heterocycles. The van der Waals surface area contributed by atoms with Crippen molar-refractivity contribution in [2.24, 2.45) is 11.8 Å². The zero-order chi connectivity index (χ0) is 14.2. The zero-order valence-corrected chi connectivity index (χ0v) is 14.2. The van der Waals surface area contributed by atoms with Gasteiger partial charge in [0.1, 0.15) is 0 Å². The molecular weight excluding hydrogens is 363 g/mol. The van der Waals surface area contributed by atoms with Crippen LogP contribution in [0.2, 0.25) is 0 Å². The van der Waals surface area contributed by atoms with Crippen LogP contribution in [-0.4, -0.2) is 12.2 Å². The van der Waals surface area contributed by atoms with Gasteiger partial charge in [0.2, 0.25) is 0 Å². The summed E-state index contributed by atoms with van der Waals surface area (Å²) >= 11 is 2.44. The number of hydrogen-bond acceptors (Lipinski definition) is 3. The molecule has 0 amide bonds. The summed E-state index contributed by atoms with van der Waals surface area (Å²) in [6, 6.07) is 6.75. The van der Waals surface area contributed by atoms with Gasteiger partial charge < -0.3 is 4.74 Å². The lowest BCUT2D eigenvalue weighted by Crippen LogP contribution is -2.48. The highest BCUT2D eigenvalue weighted by Crippen LogP contribution is 2.47. The van der Waals surface area contributed by atoms with E-state index in [0.717, 1.165) is 19.4 Å². The summed E-state index contributed by atoms with van der Waals surface area (Å²) < 4.78 is 7.38. The molecule has 1 spiro atoms. The highest BCUT2D eigenvalue weighted by atomic mass is 127. The van der Waals surface area contributed by atoms with Crippen LogP contribution in [0.5, 0.6) is 0 Å². The second-order valence-corrected chi connectivity index (χ2v) is 7.34. The molecule has 2 unspecified atom stereocenters. The van der Waals surface area contributed by atoms with Crippen molar-refractivity contribution in [3.63, 3.8) is 0 Å². The molecule has 3 nitrogen and oxygen atoms in total. The van der Waals surface area contributed by atoms with E-state index in [1.165, 1.54) is 34.0 Å². The second-order valence-electron chi connectivity index (χ2n) is 6.26. The number of halogens is 1. The molecule has 1 aromatic rings. The number of rotatable bonds is 3. The van der Waals surface area contributed by atoms with Crippen molar-refractivity contribution in [2.45, 2.75) is 50.7 Å². The molecule has 3 rings (SSSR count). The van der Waals surface area contributed by atoms with Gasteiger partial charge in [-0.15, -0.1) is 0 Å². The van der Waals surface area contributed by atoms with Gasteiger partial charge in [-0.2, -0.15) is 0 Å². The van der Waals surface area contributed by atoms with Gasteiger partial charge in [-0.3, -0.25) is 11.3 Å². The van der Waals surface area contributed by atoms with E-state index in [-0.39, 0.29) is 11.6 Å². The van der Waals surface area contributed by atoms with E-state index >= 15 is 0 Å². The standard InChI is InChI=1S/C16H23IN2O/c1-11-4-2-5-13(14(11)17)15(19-18)12-6-9-20-16(10-12)7-3-8-16/h2,4-5,12,15,19H,3,6-10,18H2,1H3. The minimum absolute atomic E-state index is 0.174. The Labute approximate surface area is 134 Å². The average molecular weight is 386 g/mol. The fraction of sp³-hybridized carbons (Fsp3) is 0.625. The third-order valence-electron chi connectivity index (χ3n) is 5.00. The normalized spacial score (nSPS) is 26.2. The van der Waals surface area contributed by atoms with Crippen molar-refractivity contribution in [1.82, 2.24) is 5.43 Å². The van der Waals surface area contributed by atoms with Crippen molar-refractivity contribution in [3.8, 4) is 0 Å². The summed E-state index contributed by atoms with van der Waals surface area (Å²) in [5.74, 6) is 6.48. The van der Waals surface area contributed by atoms with Crippen molar-refractivity contribution in [2.75, 3.05) is 6.61 Å². The first-order valence-electron chi connectivity index (χ1n) is 7.50. The number of aryl methyl sites for hydroxylation is 1. The summed E-state index contributed by atoms with van der Waals surface area (Å²) in [6.07, 6.45) is 6.01. The average Bonchev–Trinajstić information content (AvgIpc) is 2.43. The first-order chi connectivity index (χ1) is 9.65. The van der Waals surface area contributed by atoms with Gasteiger partial charge in [0.25, 0.3) is 0 Å². The molecule has 4 heteroatoms. The number of nitrogens with one attached hydrogen (secondary N) is 1. The van der Waals surface area contributed by atoms with Gasteiger partial charge in [0.05, 0.1) is 11.6 Å². The Morgan fingerprint density at radius 3 is 2.90 bits per heavy atom. The number of hydrogen-bond donors (Lipinski definition) is 2. The van der Waals surface area contributed by atoms with E-state index in [2.05, 4.69) is 53.1 Å². The molecule has 2 atom stereocenters. The number of hydrazine groups is 1. The van der Waals surface area contributed by atoms with E-state index in [4.69, 9.17) is 10.6 Å². The van der Waals surface area contributed by atoms with Crippen LogP contribution in [0, 0.1) is 16.4 Å². The smallest absolute Gasteiger partial charge is 0.0686 e. The van der Waals surface area contributed by atoms with Crippen LogP contribution in [-0.2, 0) is 4.74 Å². The predicted octanol–water partition coefficient (Wildman–Crippen LogP) is 3.45. The molecular formula is C16H23IN2O. The van der Waals surface area contributed by atoms with E-state index < -0.39 is 0 Å². The van der Waals surface area contributed by atoms with E-state index in [0.29, 0.717) is 5.92 Å². The molecule has 2 aliphatic rings. The third kappa shape index (κ3) is 2.63. The fourth-order valence-electron chi connectivity index (χ4n) is 3.66. The summed E-state index contributed by atoms with van der Waals surface area (Å²) in [6.45, 7) is 3.04. The molecule has 1 saturated carbocycles. The Morgan fingerprint density at radius 2 is 2.25 bits per heavy atom. The van der Waals surface area contributed by atoms with E-state index in [1.54, 1.807) is 0 Å². The summed E-state index contributed by atoms with van der Waals surface area (Å²) in [7, 11) is 0. The number of ether oxygens (including phenoxy) is 1. The maximum atomic E-state index is 6.05.